The van der Waals surface area contributed by atoms with Gasteiger partial charge in [0.1, 0.15) is 11.2 Å². The molecule has 1 atom stereocenters. The maximum absolute atomic E-state index is 13.6. The molecule has 0 amide bonds. The lowest BCUT2D eigenvalue weighted by atomic mass is 9.71. The Hall–Kier alpha value is -3.57. The van der Waals surface area contributed by atoms with Crippen LogP contribution in [0.3, 0.4) is 0 Å². The second-order valence-electron chi connectivity index (χ2n) is 7.92. The van der Waals surface area contributed by atoms with Gasteiger partial charge in [-0.2, -0.15) is 0 Å². The van der Waals surface area contributed by atoms with Crippen molar-refractivity contribution in [3.05, 3.63) is 100 Å². The summed E-state index contributed by atoms with van der Waals surface area (Å²) in [4.78, 5) is 26.6. The van der Waals surface area contributed by atoms with Crippen molar-refractivity contribution in [2.45, 2.75) is 25.7 Å². The summed E-state index contributed by atoms with van der Waals surface area (Å²) in [6, 6.07) is 21.2. The predicted octanol–water partition coefficient (Wildman–Crippen LogP) is 6.08. The second kappa shape index (κ2) is 8.75. The van der Waals surface area contributed by atoms with E-state index in [-0.39, 0.29) is 5.91 Å². The molecule has 4 aromatic rings. The summed E-state index contributed by atoms with van der Waals surface area (Å²) in [5.74, 6) is -0.641. The Balaban J connectivity index is 2.10. The van der Waals surface area contributed by atoms with E-state index in [0.29, 0.717) is 50.5 Å². The van der Waals surface area contributed by atoms with Crippen LogP contribution in [0.25, 0.3) is 10.9 Å². The number of rotatable bonds is 6. The molecular weight excluding hydrogens is 438 g/mol. The first kappa shape index (κ1) is 22.6. The first-order valence-electron chi connectivity index (χ1n) is 10.6. The van der Waals surface area contributed by atoms with Crippen molar-refractivity contribution in [3.8, 4) is 5.75 Å². The number of carboxylic acid groups (broad SMARTS) is 1. The number of hydrogen-bond acceptors (Lipinski definition) is 3. The van der Waals surface area contributed by atoms with Crippen LogP contribution < -0.4 is 4.74 Å². The molecule has 33 heavy (non-hydrogen) atoms. The van der Waals surface area contributed by atoms with E-state index in [2.05, 4.69) is 0 Å². The van der Waals surface area contributed by atoms with Crippen LogP contribution in [0.4, 0.5) is 0 Å². The number of benzene rings is 3. The van der Waals surface area contributed by atoms with E-state index in [1.807, 2.05) is 37.3 Å². The van der Waals surface area contributed by atoms with Crippen LogP contribution in [0.5, 0.6) is 5.75 Å². The molecule has 0 spiro atoms. The van der Waals surface area contributed by atoms with Gasteiger partial charge in [0.05, 0.1) is 12.6 Å². The van der Waals surface area contributed by atoms with Crippen molar-refractivity contribution < 1.29 is 19.4 Å². The molecule has 1 N–H and O–H groups in total. The maximum Gasteiger partial charge on any atom is 0.318 e. The number of methoxy groups -OCH3 is 1. The van der Waals surface area contributed by atoms with Crippen LogP contribution in [0, 0.1) is 6.92 Å². The summed E-state index contributed by atoms with van der Waals surface area (Å²) in [5, 5.41) is 11.8. The molecule has 0 fully saturated rings. The van der Waals surface area contributed by atoms with E-state index in [1.165, 1.54) is 0 Å². The van der Waals surface area contributed by atoms with Gasteiger partial charge in [-0.1, -0.05) is 48.9 Å². The van der Waals surface area contributed by atoms with Crippen molar-refractivity contribution in [3.63, 3.8) is 0 Å². The summed E-state index contributed by atoms with van der Waals surface area (Å²) < 4.78 is 7.03. The highest BCUT2D eigenvalue weighted by Crippen LogP contribution is 2.44. The smallest absolute Gasteiger partial charge is 0.318 e. The average Bonchev–Trinajstić information content (AvgIpc) is 3.12. The van der Waals surface area contributed by atoms with Crippen LogP contribution in [-0.2, 0) is 10.2 Å². The third-order valence-corrected chi connectivity index (χ3v) is 6.55. The van der Waals surface area contributed by atoms with Gasteiger partial charge in [0.15, 0.2) is 0 Å². The van der Waals surface area contributed by atoms with E-state index in [1.54, 1.807) is 61.1 Å². The molecule has 1 unspecified atom stereocenters. The van der Waals surface area contributed by atoms with Crippen molar-refractivity contribution in [2.75, 3.05) is 7.11 Å². The predicted molar refractivity (Wildman–Crippen MR) is 130 cm³/mol. The van der Waals surface area contributed by atoms with Crippen LogP contribution in [0.2, 0.25) is 5.02 Å². The molecule has 0 saturated heterocycles. The van der Waals surface area contributed by atoms with E-state index >= 15 is 0 Å². The lowest BCUT2D eigenvalue weighted by molar-refractivity contribution is -0.142. The minimum Gasteiger partial charge on any atom is -0.497 e. The number of aliphatic carboxylic acids is 1. The van der Waals surface area contributed by atoms with Gasteiger partial charge in [0.25, 0.3) is 5.91 Å². The zero-order chi connectivity index (χ0) is 23.8. The average molecular weight is 462 g/mol. The van der Waals surface area contributed by atoms with Crippen LogP contribution in [0.1, 0.15) is 40.5 Å². The Morgan fingerprint density at radius 2 is 1.70 bits per heavy atom. The number of carbonyl (C=O) groups excluding carboxylic acids is 1. The Labute approximate surface area is 197 Å². The number of halogens is 1. The number of carbonyl (C=O) groups is 2. The van der Waals surface area contributed by atoms with Crippen molar-refractivity contribution in [1.82, 2.24) is 4.57 Å². The van der Waals surface area contributed by atoms with E-state index in [9.17, 15) is 14.7 Å². The SMILES string of the molecule is CCC(C(=O)O)(c1ccccc1)c1c(C)n(C(=O)c2ccc(Cl)cc2)c2ccc(OC)cc12. The Kier molecular flexibility index (Phi) is 6.00. The molecule has 6 heteroatoms. The fourth-order valence-electron chi connectivity index (χ4n) is 4.68. The minimum absolute atomic E-state index is 0.256. The van der Waals surface area contributed by atoms with Crippen LogP contribution in [0.15, 0.2) is 72.8 Å². The topological polar surface area (TPSA) is 68.5 Å². The monoisotopic (exact) mass is 461 g/mol. The van der Waals surface area contributed by atoms with E-state index < -0.39 is 11.4 Å². The van der Waals surface area contributed by atoms with Gasteiger partial charge in [-0.05, 0) is 61.4 Å². The zero-order valence-corrected chi connectivity index (χ0v) is 19.4. The van der Waals surface area contributed by atoms with E-state index in [4.69, 9.17) is 16.3 Å². The third kappa shape index (κ3) is 3.58. The third-order valence-electron chi connectivity index (χ3n) is 6.29. The van der Waals surface area contributed by atoms with Gasteiger partial charge in [-0.15, -0.1) is 0 Å². The molecule has 0 bridgehead atoms. The lowest BCUT2D eigenvalue weighted by Gasteiger charge is -2.30. The Morgan fingerprint density at radius 1 is 1.03 bits per heavy atom. The molecule has 0 aliphatic rings. The standard InChI is InChI=1S/C27H24ClNO4/c1-4-27(26(31)32,19-8-6-5-7-9-19)24-17(2)29(23-15-14-21(33-3)16-22(23)24)25(30)18-10-12-20(28)13-11-18/h5-16H,4H2,1-3H3,(H,31,32). The Bertz CT molecular complexity index is 1340. The summed E-state index contributed by atoms with van der Waals surface area (Å²) in [7, 11) is 1.56. The fraction of sp³-hybridized carbons (Fsp3) is 0.185. The molecule has 4 rings (SSSR count). The van der Waals surface area contributed by atoms with Crippen molar-refractivity contribution in [2.24, 2.45) is 0 Å². The summed E-state index contributed by atoms with van der Waals surface area (Å²) in [6.45, 7) is 3.65. The summed E-state index contributed by atoms with van der Waals surface area (Å²) >= 11 is 6.01. The van der Waals surface area contributed by atoms with Gasteiger partial charge in [-0.3, -0.25) is 14.2 Å². The van der Waals surface area contributed by atoms with Gasteiger partial charge in [-0.25, -0.2) is 0 Å². The Morgan fingerprint density at radius 3 is 2.27 bits per heavy atom. The summed E-state index contributed by atoms with van der Waals surface area (Å²) in [5.41, 5.74) is 1.55. The maximum atomic E-state index is 13.6. The summed E-state index contributed by atoms with van der Waals surface area (Å²) in [6.07, 6.45) is 0.304. The number of hydrogen-bond donors (Lipinski definition) is 1. The molecule has 1 aromatic heterocycles. The minimum atomic E-state index is -1.35. The molecule has 3 aromatic carbocycles. The number of nitrogens with zero attached hydrogens (tertiary/aromatic N) is 1. The molecule has 1 heterocycles. The molecule has 0 saturated carbocycles. The second-order valence-corrected chi connectivity index (χ2v) is 8.36. The normalized spacial score (nSPS) is 13.0. The van der Waals surface area contributed by atoms with E-state index in [0.717, 1.165) is 0 Å². The van der Waals surface area contributed by atoms with Crippen molar-refractivity contribution >= 4 is 34.4 Å². The van der Waals surface area contributed by atoms with Gasteiger partial charge < -0.3 is 9.84 Å². The molecule has 168 valence electrons. The van der Waals surface area contributed by atoms with Gasteiger partial charge >= 0.3 is 5.97 Å². The number of aromatic nitrogens is 1. The molecule has 0 aliphatic heterocycles. The van der Waals surface area contributed by atoms with Gasteiger partial charge in [0, 0.05) is 27.2 Å². The number of carboxylic acids is 1. The van der Waals surface area contributed by atoms with Crippen LogP contribution >= 0.6 is 11.6 Å². The fourth-order valence-corrected chi connectivity index (χ4v) is 4.80. The first-order valence-corrected chi connectivity index (χ1v) is 11.0. The molecule has 5 nitrogen and oxygen atoms in total. The molecule has 0 radical (unpaired) electrons. The molecular formula is C27H24ClNO4. The largest absolute Gasteiger partial charge is 0.497 e. The zero-order valence-electron chi connectivity index (χ0n) is 18.6. The lowest BCUT2D eigenvalue weighted by Crippen LogP contribution is -2.37. The molecule has 0 aliphatic carbocycles. The first-order chi connectivity index (χ1) is 15.8. The quantitative estimate of drug-likeness (QED) is 0.377. The van der Waals surface area contributed by atoms with Gasteiger partial charge in [0.2, 0.25) is 0 Å². The van der Waals surface area contributed by atoms with Crippen LogP contribution in [-0.4, -0.2) is 28.7 Å². The number of fused-ring (bicyclic) bond motifs is 1. The highest BCUT2D eigenvalue weighted by atomic mass is 35.5. The highest BCUT2D eigenvalue weighted by molar-refractivity contribution is 6.30. The highest BCUT2D eigenvalue weighted by Gasteiger charge is 2.44. The van der Waals surface area contributed by atoms with Crippen molar-refractivity contribution in [1.29, 1.82) is 0 Å². The number of ether oxygens (including phenoxy) is 1.